The number of nitrogens with one attached hydrogen (secondary N) is 1. The highest BCUT2D eigenvalue weighted by molar-refractivity contribution is 5.81. The number of hydrogen-bond acceptors (Lipinski definition) is 2. The topological polar surface area (TPSA) is 38.3 Å². The van der Waals surface area contributed by atoms with E-state index in [0.29, 0.717) is 19.6 Å². The number of carbonyl (C=O) groups is 1. The Morgan fingerprint density at radius 3 is 2.50 bits per heavy atom. The van der Waals surface area contributed by atoms with Gasteiger partial charge in [-0.1, -0.05) is 30.3 Å². The van der Waals surface area contributed by atoms with Gasteiger partial charge in [-0.05, 0) is 12.0 Å². The summed E-state index contributed by atoms with van der Waals surface area (Å²) in [6.07, 6.45) is -4.47. The first-order valence-corrected chi connectivity index (χ1v) is 5.47. The minimum atomic E-state index is -4.81. The van der Waals surface area contributed by atoms with Gasteiger partial charge in [-0.2, -0.15) is 13.2 Å². The number of hydrogen-bond donors (Lipinski definition) is 1. The summed E-state index contributed by atoms with van der Waals surface area (Å²) in [4.78, 5) is 10.4. The maximum Gasteiger partial charge on any atom is 0.471 e. The Hall–Kier alpha value is -1.56. The molecule has 0 fully saturated rings. The first-order chi connectivity index (χ1) is 8.50. The Labute approximate surface area is 103 Å². The van der Waals surface area contributed by atoms with Crippen molar-refractivity contribution in [1.29, 1.82) is 0 Å². The van der Waals surface area contributed by atoms with E-state index in [2.05, 4.69) is 0 Å². The molecule has 0 saturated heterocycles. The van der Waals surface area contributed by atoms with Gasteiger partial charge < -0.3 is 10.1 Å². The molecule has 3 nitrogen and oxygen atoms in total. The number of amides is 1. The molecule has 0 saturated carbocycles. The molecule has 18 heavy (non-hydrogen) atoms. The molecule has 1 aromatic carbocycles. The van der Waals surface area contributed by atoms with Crippen LogP contribution in [0.3, 0.4) is 0 Å². The SMILES string of the molecule is O=C(NCCCOCc1ccccc1)C(F)(F)F. The van der Waals surface area contributed by atoms with Gasteiger partial charge in [0.25, 0.3) is 0 Å². The van der Waals surface area contributed by atoms with Gasteiger partial charge in [-0.25, -0.2) is 0 Å². The Kier molecular flexibility index (Phi) is 5.64. The molecule has 0 aliphatic carbocycles. The van der Waals surface area contributed by atoms with Crippen LogP contribution in [-0.2, 0) is 16.1 Å². The van der Waals surface area contributed by atoms with Gasteiger partial charge >= 0.3 is 12.1 Å². The molecule has 1 aromatic rings. The molecule has 0 heterocycles. The van der Waals surface area contributed by atoms with Gasteiger partial charge in [0, 0.05) is 13.2 Å². The fourth-order valence-corrected chi connectivity index (χ4v) is 1.24. The van der Waals surface area contributed by atoms with Gasteiger partial charge in [-0.3, -0.25) is 4.79 Å². The highest BCUT2D eigenvalue weighted by Crippen LogP contribution is 2.13. The third-order valence-corrected chi connectivity index (χ3v) is 2.12. The predicted molar refractivity (Wildman–Crippen MR) is 59.8 cm³/mol. The smallest absolute Gasteiger partial charge is 0.377 e. The van der Waals surface area contributed by atoms with Gasteiger partial charge in [0.15, 0.2) is 0 Å². The average Bonchev–Trinajstić information content (AvgIpc) is 2.33. The molecule has 1 rings (SSSR count). The van der Waals surface area contributed by atoms with Crippen LogP contribution in [-0.4, -0.2) is 25.2 Å². The second-order valence-electron chi connectivity index (χ2n) is 3.65. The average molecular weight is 261 g/mol. The molecule has 0 aliphatic rings. The molecular formula is C12H14F3NO2. The van der Waals surface area contributed by atoms with E-state index < -0.39 is 12.1 Å². The van der Waals surface area contributed by atoms with E-state index in [-0.39, 0.29) is 6.54 Å². The highest BCUT2D eigenvalue weighted by atomic mass is 19.4. The van der Waals surface area contributed by atoms with Crippen LogP contribution in [0.1, 0.15) is 12.0 Å². The number of halogens is 3. The lowest BCUT2D eigenvalue weighted by Crippen LogP contribution is -2.37. The van der Waals surface area contributed by atoms with Crippen LogP contribution in [0, 0.1) is 0 Å². The lowest BCUT2D eigenvalue weighted by Gasteiger charge is -2.08. The first kappa shape index (κ1) is 14.5. The number of carbonyl (C=O) groups excluding carboxylic acids is 1. The largest absolute Gasteiger partial charge is 0.471 e. The Morgan fingerprint density at radius 1 is 1.22 bits per heavy atom. The summed E-state index contributed by atoms with van der Waals surface area (Å²) in [5.41, 5.74) is 0.997. The van der Waals surface area contributed by atoms with Gasteiger partial charge in [0.2, 0.25) is 0 Å². The zero-order chi connectivity index (χ0) is 13.4. The fourth-order valence-electron chi connectivity index (χ4n) is 1.24. The predicted octanol–water partition coefficient (Wildman–Crippen LogP) is 2.27. The van der Waals surface area contributed by atoms with Crippen molar-refractivity contribution in [2.75, 3.05) is 13.2 Å². The molecule has 1 amide bonds. The molecule has 100 valence electrons. The van der Waals surface area contributed by atoms with Crippen molar-refractivity contribution in [1.82, 2.24) is 5.32 Å². The summed E-state index contributed by atoms with van der Waals surface area (Å²) in [5.74, 6) is -1.91. The van der Waals surface area contributed by atoms with E-state index in [1.54, 1.807) is 5.32 Å². The molecule has 0 spiro atoms. The van der Waals surface area contributed by atoms with Crippen molar-refractivity contribution in [3.05, 3.63) is 35.9 Å². The number of rotatable bonds is 6. The van der Waals surface area contributed by atoms with Crippen molar-refractivity contribution < 1.29 is 22.7 Å². The molecule has 1 N–H and O–H groups in total. The minimum Gasteiger partial charge on any atom is -0.377 e. The Balaban J connectivity index is 2.05. The lowest BCUT2D eigenvalue weighted by molar-refractivity contribution is -0.173. The number of alkyl halides is 3. The van der Waals surface area contributed by atoms with Crippen molar-refractivity contribution in [3.8, 4) is 0 Å². The van der Waals surface area contributed by atoms with Crippen molar-refractivity contribution >= 4 is 5.91 Å². The summed E-state index contributed by atoms with van der Waals surface area (Å²) < 4.78 is 40.7. The standard InChI is InChI=1S/C12H14F3NO2/c13-12(14,15)11(17)16-7-4-8-18-9-10-5-2-1-3-6-10/h1-3,5-6H,4,7-9H2,(H,16,17). The van der Waals surface area contributed by atoms with E-state index in [1.165, 1.54) is 0 Å². The monoisotopic (exact) mass is 261 g/mol. The molecule has 0 aliphatic heterocycles. The third kappa shape index (κ3) is 5.67. The summed E-state index contributed by atoms with van der Waals surface area (Å²) in [6.45, 7) is 0.661. The molecule has 0 aromatic heterocycles. The Morgan fingerprint density at radius 2 is 1.89 bits per heavy atom. The maximum absolute atomic E-state index is 11.8. The van der Waals surface area contributed by atoms with E-state index in [0.717, 1.165) is 5.56 Å². The second kappa shape index (κ2) is 7.00. The van der Waals surface area contributed by atoms with E-state index in [1.807, 2.05) is 30.3 Å². The van der Waals surface area contributed by atoms with Gasteiger partial charge in [0.1, 0.15) is 0 Å². The molecule has 0 atom stereocenters. The molecule has 0 radical (unpaired) electrons. The van der Waals surface area contributed by atoms with E-state index >= 15 is 0 Å². The van der Waals surface area contributed by atoms with Crippen molar-refractivity contribution in [2.24, 2.45) is 0 Å². The molecular weight excluding hydrogens is 247 g/mol. The third-order valence-electron chi connectivity index (χ3n) is 2.12. The summed E-state index contributed by atoms with van der Waals surface area (Å²) in [5, 5.41) is 1.78. The maximum atomic E-state index is 11.8. The van der Waals surface area contributed by atoms with E-state index in [4.69, 9.17) is 4.74 Å². The summed E-state index contributed by atoms with van der Waals surface area (Å²) in [6, 6.07) is 9.43. The summed E-state index contributed by atoms with van der Waals surface area (Å²) in [7, 11) is 0. The van der Waals surface area contributed by atoms with Crippen LogP contribution in [0.4, 0.5) is 13.2 Å². The zero-order valence-electron chi connectivity index (χ0n) is 9.67. The first-order valence-electron chi connectivity index (χ1n) is 5.47. The minimum absolute atomic E-state index is 0.0485. The second-order valence-corrected chi connectivity index (χ2v) is 3.65. The van der Waals surface area contributed by atoms with Crippen molar-refractivity contribution in [2.45, 2.75) is 19.2 Å². The molecule has 6 heteroatoms. The number of ether oxygens (including phenoxy) is 1. The normalized spacial score (nSPS) is 11.3. The van der Waals surface area contributed by atoms with Gasteiger partial charge in [0.05, 0.1) is 6.61 Å². The van der Waals surface area contributed by atoms with Gasteiger partial charge in [-0.15, -0.1) is 0 Å². The zero-order valence-corrected chi connectivity index (χ0v) is 9.67. The summed E-state index contributed by atoms with van der Waals surface area (Å²) >= 11 is 0. The van der Waals surface area contributed by atoms with Crippen LogP contribution in [0.2, 0.25) is 0 Å². The Bertz CT molecular complexity index is 365. The highest BCUT2D eigenvalue weighted by Gasteiger charge is 2.38. The van der Waals surface area contributed by atoms with Crippen LogP contribution in [0.5, 0.6) is 0 Å². The number of benzene rings is 1. The van der Waals surface area contributed by atoms with Crippen molar-refractivity contribution in [3.63, 3.8) is 0 Å². The molecule has 0 unspecified atom stereocenters. The molecule has 0 bridgehead atoms. The lowest BCUT2D eigenvalue weighted by atomic mass is 10.2. The van der Waals surface area contributed by atoms with Crippen LogP contribution in [0.15, 0.2) is 30.3 Å². The van der Waals surface area contributed by atoms with E-state index in [9.17, 15) is 18.0 Å². The van der Waals surface area contributed by atoms with Crippen LogP contribution >= 0.6 is 0 Å². The quantitative estimate of drug-likeness (QED) is 0.798. The van der Waals surface area contributed by atoms with Crippen LogP contribution < -0.4 is 5.32 Å². The van der Waals surface area contributed by atoms with Crippen LogP contribution in [0.25, 0.3) is 0 Å². The fraction of sp³-hybridized carbons (Fsp3) is 0.417.